The van der Waals surface area contributed by atoms with Gasteiger partial charge in [-0.1, -0.05) is 26.2 Å². The molecule has 0 unspecified atom stereocenters. The van der Waals surface area contributed by atoms with E-state index < -0.39 is 0 Å². The largest absolute Gasteiger partial charge is 0.330 e. The van der Waals surface area contributed by atoms with Crippen LogP contribution in [0.25, 0.3) is 0 Å². The van der Waals surface area contributed by atoms with Crippen molar-refractivity contribution in [3.05, 3.63) is 0 Å². The molecule has 0 atom stereocenters. The van der Waals surface area contributed by atoms with Crippen LogP contribution in [0.2, 0.25) is 0 Å². The Hall–Kier alpha value is -0.960. The third-order valence-electron chi connectivity index (χ3n) is 3.97. The normalized spacial score (nSPS) is 9.92. The molecule has 0 aliphatic carbocycles. The fourth-order valence-electron chi connectivity index (χ4n) is 2.40. The van der Waals surface area contributed by atoms with Crippen LogP contribution in [-0.2, 0) is 0 Å². The van der Waals surface area contributed by atoms with Gasteiger partial charge in [0.1, 0.15) is 0 Å². The van der Waals surface area contributed by atoms with E-state index in [9.17, 15) is 0 Å². The Morgan fingerprint density at radius 3 is 1.50 bits per heavy atom. The second-order valence-corrected chi connectivity index (χ2v) is 6.43. The van der Waals surface area contributed by atoms with E-state index in [1.54, 1.807) is 0 Å². The molecule has 0 heterocycles. The molecule has 0 saturated heterocycles. The summed E-state index contributed by atoms with van der Waals surface area (Å²) < 4.78 is 0. The van der Waals surface area contributed by atoms with Crippen molar-refractivity contribution in [1.82, 2.24) is 5.32 Å². The van der Waals surface area contributed by atoms with E-state index in [4.69, 9.17) is 5.73 Å². The van der Waals surface area contributed by atoms with Crippen LogP contribution in [-0.4, -0.2) is 19.6 Å². The van der Waals surface area contributed by atoms with Gasteiger partial charge in [-0.2, -0.15) is 0 Å². The van der Waals surface area contributed by atoms with Gasteiger partial charge in [0, 0.05) is 25.7 Å². The minimum absolute atomic E-state index is 0.812. The maximum absolute atomic E-state index is 5.46. The second kappa shape index (κ2) is 22.0. The van der Waals surface area contributed by atoms with Gasteiger partial charge in [-0.3, -0.25) is 0 Å². The van der Waals surface area contributed by atoms with Gasteiger partial charge in [-0.05, 0) is 64.6 Å². The van der Waals surface area contributed by atoms with E-state index in [1.807, 2.05) is 0 Å². The average molecular weight is 333 g/mol. The highest BCUT2D eigenvalue weighted by Crippen LogP contribution is 1.99. The van der Waals surface area contributed by atoms with Crippen LogP contribution in [0.5, 0.6) is 0 Å². The fourth-order valence-corrected chi connectivity index (χ4v) is 2.40. The Balaban J connectivity index is 3.13. The van der Waals surface area contributed by atoms with Crippen molar-refractivity contribution in [2.45, 2.75) is 96.8 Å². The second-order valence-electron chi connectivity index (χ2n) is 6.43. The van der Waals surface area contributed by atoms with Gasteiger partial charge in [0.05, 0.1) is 0 Å². The van der Waals surface area contributed by atoms with Crippen LogP contribution in [0.4, 0.5) is 0 Å². The smallest absolute Gasteiger partial charge is 0.00891 e. The minimum Gasteiger partial charge on any atom is -0.330 e. The first kappa shape index (κ1) is 23.0. The molecule has 0 radical (unpaired) electrons. The Morgan fingerprint density at radius 2 is 1.04 bits per heavy atom. The molecular weight excluding hydrogens is 292 g/mol. The fraction of sp³-hybridized carbons (Fsp3) is 0.818. The maximum atomic E-state index is 5.46. The predicted octanol–water partition coefficient (Wildman–Crippen LogP) is 5.02. The monoisotopic (exact) mass is 332 g/mol. The van der Waals surface area contributed by atoms with Crippen LogP contribution in [0.1, 0.15) is 96.8 Å². The zero-order valence-corrected chi connectivity index (χ0v) is 16.1. The Kier molecular flexibility index (Phi) is 21.2. The van der Waals surface area contributed by atoms with Crippen molar-refractivity contribution in [2.24, 2.45) is 5.73 Å². The molecule has 0 aliphatic rings. The molecule has 3 N–H and O–H groups in total. The van der Waals surface area contributed by atoms with Gasteiger partial charge in [-0.25, -0.2) is 0 Å². The Morgan fingerprint density at radius 1 is 0.583 bits per heavy atom. The lowest BCUT2D eigenvalue weighted by molar-refractivity contribution is 0.597. The van der Waals surface area contributed by atoms with E-state index in [0.29, 0.717) is 0 Å². The molecule has 2 heteroatoms. The van der Waals surface area contributed by atoms with Crippen LogP contribution in [0.15, 0.2) is 0 Å². The molecule has 0 rings (SSSR count). The zero-order chi connectivity index (χ0) is 17.6. The van der Waals surface area contributed by atoms with Gasteiger partial charge in [0.15, 0.2) is 0 Å². The highest BCUT2D eigenvalue weighted by Gasteiger charge is 1.89. The van der Waals surface area contributed by atoms with Crippen molar-refractivity contribution in [2.75, 3.05) is 19.6 Å². The zero-order valence-electron chi connectivity index (χ0n) is 16.1. The number of nitrogens with one attached hydrogen (secondary N) is 1. The van der Waals surface area contributed by atoms with Crippen LogP contribution in [0, 0.1) is 23.7 Å². The molecule has 138 valence electrons. The summed E-state index contributed by atoms with van der Waals surface area (Å²) in [6.45, 7) is 5.30. The van der Waals surface area contributed by atoms with Crippen molar-refractivity contribution in [3.63, 3.8) is 0 Å². The predicted molar refractivity (Wildman–Crippen MR) is 108 cm³/mol. The van der Waals surface area contributed by atoms with E-state index in [-0.39, 0.29) is 0 Å². The highest BCUT2D eigenvalue weighted by molar-refractivity contribution is 4.99. The molecule has 0 spiro atoms. The van der Waals surface area contributed by atoms with Gasteiger partial charge >= 0.3 is 0 Å². The lowest BCUT2D eigenvalue weighted by atomic mass is 10.2. The van der Waals surface area contributed by atoms with Crippen molar-refractivity contribution >= 4 is 0 Å². The molecule has 0 fully saturated rings. The summed E-state index contributed by atoms with van der Waals surface area (Å²) in [4.78, 5) is 0. The highest BCUT2D eigenvalue weighted by atomic mass is 14.8. The Labute approximate surface area is 151 Å². The van der Waals surface area contributed by atoms with Crippen LogP contribution < -0.4 is 11.1 Å². The molecule has 0 aromatic rings. The molecule has 0 aromatic heterocycles. The number of nitrogens with two attached hydrogens (primary N) is 1. The van der Waals surface area contributed by atoms with Crippen LogP contribution in [0.3, 0.4) is 0 Å². The molecule has 0 amide bonds. The Bertz CT molecular complexity index is 354. The van der Waals surface area contributed by atoms with E-state index in [1.165, 1.54) is 57.8 Å². The first-order valence-electron chi connectivity index (χ1n) is 10.2. The topological polar surface area (TPSA) is 38.0 Å². The average Bonchev–Trinajstić information content (AvgIpc) is 2.60. The molecule has 2 nitrogen and oxygen atoms in total. The molecular formula is C22H40N2. The number of rotatable bonds is 15. The summed E-state index contributed by atoms with van der Waals surface area (Å²) in [5, 5.41) is 3.52. The third-order valence-corrected chi connectivity index (χ3v) is 3.97. The van der Waals surface area contributed by atoms with Gasteiger partial charge in [-0.15, -0.1) is 23.7 Å². The number of hydrogen-bond donors (Lipinski definition) is 2. The summed E-state index contributed by atoms with van der Waals surface area (Å²) in [7, 11) is 0. The first-order valence-corrected chi connectivity index (χ1v) is 10.2. The van der Waals surface area contributed by atoms with Gasteiger partial charge in [0.2, 0.25) is 0 Å². The maximum Gasteiger partial charge on any atom is 0.00891 e. The lowest BCUT2D eigenvalue weighted by Crippen LogP contribution is -2.16. The first-order chi connectivity index (χ1) is 11.9. The quantitative estimate of drug-likeness (QED) is 0.326. The third kappa shape index (κ3) is 21.0. The van der Waals surface area contributed by atoms with Crippen molar-refractivity contribution < 1.29 is 0 Å². The van der Waals surface area contributed by atoms with Gasteiger partial charge in [0.25, 0.3) is 0 Å². The van der Waals surface area contributed by atoms with Crippen molar-refractivity contribution in [3.8, 4) is 23.7 Å². The molecule has 0 saturated carbocycles. The summed E-state index contributed by atoms with van der Waals surface area (Å²) >= 11 is 0. The summed E-state index contributed by atoms with van der Waals surface area (Å²) in [5.41, 5.74) is 5.46. The number of unbranched alkanes of at least 4 members (excludes halogenated alkanes) is 10. The van der Waals surface area contributed by atoms with Crippen molar-refractivity contribution in [1.29, 1.82) is 0 Å². The molecule has 24 heavy (non-hydrogen) atoms. The molecule has 0 bridgehead atoms. The molecule has 0 aliphatic heterocycles. The van der Waals surface area contributed by atoms with E-state index in [0.717, 1.165) is 51.7 Å². The van der Waals surface area contributed by atoms with Gasteiger partial charge < -0.3 is 11.1 Å². The summed E-state index contributed by atoms with van der Waals surface area (Å²) in [5.74, 6) is 13.1. The lowest BCUT2D eigenvalue weighted by Gasteiger charge is -2.02. The van der Waals surface area contributed by atoms with E-state index in [2.05, 4.69) is 35.9 Å². The van der Waals surface area contributed by atoms with E-state index >= 15 is 0 Å². The SMILES string of the molecule is CCCCCC#CCCCCNCCCCC#CCCCCCN. The minimum atomic E-state index is 0.812. The number of hydrogen-bond acceptors (Lipinski definition) is 2. The van der Waals surface area contributed by atoms with Crippen LogP contribution >= 0.6 is 0 Å². The summed E-state index contributed by atoms with van der Waals surface area (Å²) in [6, 6.07) is 0. The molecule has 0 aromatic carbocycles. The summed E-state index contributed by atoms with van der Waals surface area (Å²) in [6.07, 6.45) is 16.6. The standard InChI is InChI=1S/C22H40N2/c1-2-3-4-5-6-9-12-15-18-21-24-22-19-16-13-10-7-8-11-14-17-20-23/h24H,2-5,8,11-23H2,1H3.